The maximum atomic E-state index is 13.6. The topological polar surface area (TPSA) is 29.5 Å². The van der Waals surface area contributed by atoms with Crippen LogP contribution in [0.15, 0.2) is 36.4 Å². The van der Waals surface area contributed by atoms with E-state index in [1.165, 1.54) is 6.07 Å². The van der Waals surface area contributed by atoms with E-state index in [1.54, 1.807) is 31.2 Å². The Morgan fingerprint density at radius 1 is 1.25 bits per heavy atom. The molecule has 1 aliphatic heterocycles. The summed E-state index contributed by atoms with van der Waals surface area (Å²) in [6, 6.07) is 10.2. The average molecular weight is 293 g/mol. The predicted molar refractivity (Wildman–Crippen MR) is 75.5 cm³/mol. The van der Waals surface area contributed by atoms with Crippen molar-refractivity contribution in [2.75, 3.05) is 0 Å². The van der Waals surface area contributed by atoms with Gasteiger partial charge in [-0.15, -0.1) is 0 Å². The van der Waals surface area contributed by atoms with Gasteiger partial charge in [0, 0.05) is 17.0 Å². The van der Waals surface area contributed by atoms with Gasteiger partial charge >= 0.3 is 0 Å². The first-order valence-electron chi connectivity index (χ1n) is 6.45. The fourth-order valence-corrected chi connectivity index (χ4v) is 2.61. The monoisotopic (exact) mass is 292 g/mol. The SMILES string of the molecule is Cc1ccc(C2C[C@H](O)c3cc(Cl)ccc3O2)cc1F. The van der Waals surface area contributed by atoms with E-state index < -0.39 is 6.10 Å². The third-order valence-corrected chi connectivity index (χ3v) is 3.84. The summed E-state index contributed by atoms with van der Waals surface area (Å²) in [6.45, 7) is 1.72. The Balaban J connectivity index is 1.94. The van der Waals surface area contributed by atoms with E-state index in [4.69, 9.17) is 16.3 Å². The van der Waals surface area contributed by atoms with E-state index in [-0.39, 0.29) is 11.9 Å². The van der Waals surface area contributed by atoms with E-state index in [2.05, 4.69) is 0 Å². The summed E-state index contributed by atoms with van der Waals surface area (Å²) < 4.78 is 19.5. The van der Waals surface area contributed by atoms with Gasteiger partial charge in [0.1, 0.15) is 17.7 Å². The molecule has 20 heavy (non-hydrogen) atoms. The van der Waals surface area contributed by atoms with Crippen molar-refractivity contribution in [2.45, 2.75) is 25.6 Å². The van der Waals surface area contributed by atoms with Gasteiger partial charge in [-0.2, -0.15) is 0 Å². The molecule has 0 amide bonds. The maximum Gasteiger partial charge on any atom is 0.127 e. The van der Waals surface area contributed by atoms with E-state index in [0.29, 0.717) is 28.3 Å². The Labute approximate surface area is 121 Å². The number of fused-ring (bicyclic) bond motifs is 1. The smallest absolute Gasteiger partial charge is 0.127 e. The molecule has 1 heterocycles. The summed E-state index contributed by atoms with van der Waals surface area (Å²) in [4.78, 5) is 0. The van der Waals surface area contributed by atoms with Crippen LogP contribution in [0.25, 0.3) is 0 Å². The molecule has 2 aromatic rings. The standard InChI is InChI=1S/C16H14ClFO2/c1-9-2-3-10(6-13(9)18)16-8-14(19)12-7-11(17)4-5-15(12)20-16/h2-7,14,16,19H,8H2,1H3/t14-,16?/m0/s1. The summed E-state index contributed by atoms with van der Waals surface area (Å²) in [5.41, 5.74) is 2.01. The summed E-state index contributed by atoms with van der Waals surface area (Å²) >= 11 is 5.92. The molecule has 0 fully saturated rings. The number of rotatable bonds is 1. The van der Waals surface area contributed by atoms with Crippen molar-refractivity contribution in [3.05, 3.63) is 63.9 Å². The normalized spacial score (nSPS) is 21.2. The summed E-state index contributed by atoms with van der Waals surface area (Å²) in [6.07, 6.45) is -0.629. The second-order valence-electron chi connectivity index (χ2n) is 5.05. The highest BCUT2D eigenvalue weighted by Crippen LogP contribution is 2.41. The van der Waals surface area contributed by atoms with Gasteiger partial charge < -0.3 is 9.84 Å². The van der Waals surface area contributed by atoms with Gasteiger partial charge in [0.15, 0.2) is 0 Å². The molecule has 4 heteroatoms. The Hall–Kier alpha value is -1.58. The lowest BCUT2D eigenvalue weighted by Gasteiger charge is -2.30. The molecule has 1 unspecified atom stereocenters. The average Bonchev–Trinajstić information content (AvgIpc) is 2.42. The third-order valence-electron chi connectivity index (χ3n) is 3.61. The van der Waals surface area contributed by atoms with Gasteiger partial charge in [-0.25, -0.2) is 4.39 Å². The Bertz CT molecular complexity index is 657. The highest BCUT2D eigenvalue weighted by atomic mass is 35.5. The zero-order valence-corrected chi connectivity index (χ0v) is 11.7. The van der Waals surface area contributed by atoms with Crippen LogP contribution in [0.5, 0.6) is 5.75 Å². The molecule has 2 atom stereocenters. The van der Waals surface area contributed by atoms with Crippen LogP contribution < -0.4 is 4.74 Å². The molecule has 0 spiro atoms. The number of hydrogen-bond acceptors (Lipinski definition) is 2. The lowest BCUT2D eigenvalue weighted by atomic mass is 9.94. The van der Waals surface area contributed by atoms with Crippen molar-refractivity contribution in [2.24, 2.45) is 0 Å². The summed E-state index contributed by atoms with van der Waals surface area (Å²) in [7, 11) is 0. The first-order valence-corrected chi connectivity index (χ1v) is 6.82. The molecule has 1 aliphatic rings. The van der Waals surface area contributed by atoms with Crippen LogP contribution in [0.3, 0.4) is 0 Å². The van der Waals surface area contributed by atoms with Crippen molar-refractivity contribution < 1.29 is 14.2 Å². The minimum Gasteiger partial charge on any atom is -0.485 e. The molecule has 3 rings (SSSR count). The summed E-state index contributed by atoms with van der Waals surface area (Å²) in [5, 5.41) is 10.8. The van der Waals surface area contributed by atoms with E-state index in [9.17, 15) is 9.50 Å². The van der Waals surface area contributed by atoms with Gasteiger partial charge in [-0.1, -0.05) is 23.7 Å². The van der Waals surface area contributed by atoms with Crippen LogP contribution in [0.1, 0.15) is 35.3 Å². The number of halogens is 2. The van der Waals surface area contributed by atoms with E-state index >= 15 is 0 Å². The summed E-state index contributed by atoms with van der Waals surface area (Å²) in [5.74, 6) is 0.335. The zero-order valence-electron chi connectivity index (χ0n) is 10.9. The van der Waals surface area contributed by atoms with Crippen molar-refractivity contribution in [3.63, 3.8) is 0 Å². The molecule has 2 aromatic carbocycles. The van der Waals surface area contributed by atoms with Crippen LogP contribution in [-0.4, -0.2) is 5.11 Å². The lowest BCUT2D eigenvalue weighted by Crippen LogP contribution is -2.19. The molecule has 0 saturated heterocycles. The van der Waals surface area contributed by atoms with Gasteiger partial charge in [-0.05, 0) is 42.3 Å². The van der Waals surface area contributed by atoms with Gasteiger partial charge in [-0.3, -0.25) is 0 Å². The number of benzene rings is 2. The Kier molecular flexibility index (Phi) is 3.40. The van der Waals surface area contributed by atoms with Crippen molar-refractivity contribution in [3.8, 4) is 5.75 Å². The fraction of sp³-hybridized carbons (Fsp3) is 0.250. The number of aryl methyl sites for hydroxylation is 1. The molecule has 1 N–H and O–H groups in total. The predicted octanol–water partition coefficient (Wildman–Crippen LogP) is 4.34. The lowest BCUT2D eigenvalue weighted by molar-refractivity contribution is 0.0656. The highest BCUT2D eigenvalue weighted by Gasteiger charge is 2.28. The number of hydrogen-bond donors (Lipinski definition) is 1. The Morgan fingerprint density at radius 2 is 2.05 bits per heavy atom. The highest BCUT2D eigenvalue weighted by molar-refractivity contribution is 6.30. The van der Waals surface area contributed by atoms with Gasteiger partial charge in [0.25, 0.3) is 0 Å². The molecule has 0 aliphatic carbocycles. The number of aliphatic hydroxyl groups excluding tert-OH is 1. The van der Waals surface area contributed by atoms with Crippen molar-refractivity contribution >= 4 is 11.6 Å². The minimum atomic E-state index is -0.660. The van der Waals surface area contributed by atoms with Crippen LogP contribution in [0.4, 0.5) is 4.39 Å². The molecular weight excluding hydrogens is 279 g/mol. The van der Waals surface area contributed by atoms with Crippen molar-refractivity contribution in [1.29, 1.82) is 0 Å². The molecule has 0 bridgehead atoms. The maximum absolute atomic E-state index is 13.6. The van der Waals surface area contributed by atoms with Crippen LogP contribution in [0.2, 0.25) is 5.02 Å². The van der Waals surface area contributed by atoms with Gasteiger partial charge in [0.2, 0.25) is 0 Å². The van der Waals surface area contributed by atoms with Crippen molar-refractivity contribution in [1.82, 2.24) is 0 Å². The quantitative estimate of drug-likeness (QED) is 0.847. The second kappa shape index (κ2) is 5.08. The molecular formula is C16H14ClFO2. The zero-order chi connectivity index (χ0) is 14.3. The minimum absolute atomic E-state index is 0.262. The number of ether oxygens (including phenoxy) is 1. The second-order valence-corrected chi connectivity index (χ2v) is 5.49. The van der Waals surface area contributed by atoms with Crippen LogP contribution in [-0.2, 0) is 0 Å². The molecule has 0 radical (unpaired) electrons. The number of aliphatic hydroxyl groups is 1. The molecule has 104 valence electrons. The van der Waals surface area contributed by atoms with Gasteiger partial charge in [0.05, 0.1) is 6.10 Å². The van der Waals surface area contributed by atoms with E-state index in [1.807, 2.05) is 6.07 Å². The first kappa shape index (κ1) is 13.4. The molecule has 0 aromatic heterocycles. The van der Waals surface area contributed by atoms with Crippen LogP contribution >= 0.6 is 11.6 Å². The third kappa shape index (κ3) is 2.39. The molecule has 0 saturated carbocycles. The largest absolute Gasteiger partial charge is 0.485 e. The molecule has 2 nitrogen and oxygen atoms in total. The van der Waals surface area contributed by atoms with Crippen LogP contribution in [0, 0.1) is 12.7 Å². The first-order chi connectivity index (χ1) is 9.54. The van der Waals surface area contributed by atoms with E-state index in [0.717, 1.165) is 5.56 Å². The fourth-order valence-electron chi connectivity index (χ4n) is 2.43. The Morgan fingerprint density at radius 3 is 2.80 bits per heavy atom.